The number of carbonyl (C=O) groups is 2. The monoisotopic (exact) mass is 299 g/mol. The average molecular weight is 299 g/mol. The number of hydrogen-bond acceptors (Lipinski definition) is 3. The number of hydrogen-bond donors (Lipinski definition) is 2. The minimum absolute atomic E-state index is 0.0402. The first-order valence-electron chi connectivity index (χ1n) is 7.86. The number of carbonyl (C=O) groups excluding carboxylic acids is 2. The van der Waals surface area contributed by atoms with Gasteiger partial charge in [-0.15, -0.1) is 0 Å². The summed E-state index contributed by atoms with van der Waals surface area (Å²) >= 11 is 0. The van der Waals surface area contributed by atoms with E-state index in [1.165, 1.54) is 24.5 Å². The summed E-state index contributed by atoms with van der Waals surface area (Å²) < 4.78 is 0. The molecule has 0 bridgehead atoms. The van der Waals surface area contributed by atoms with Gasteiger partial charge in [0.2, 0.25) is 11.8 Å². The molecule has 5 nitrogen and oxygen atoms in total. The van der Waals surface area contributed by atoms with Crippen LogP contribution in [0.1, 0.15) is 43.6 Å². The SMILES string of the molecule is C=CC(=O)N[C@@H]1CCC[C@@H]1C(=O)Nc1cncc(C2CC2)c1. The summed E-state index contributed by atoms with van der Waals surface area (Å²) in [7, 11) is 0. The summed E-state index contributed by atoms with van der Waals surface area (Å²) in [6, 6.07) is 1.90. The molecular weight excluding hydrogens is 278 g/mol. The van der Waals surface area contributed by atoms with Crippen LogP contribution in [-0.4, -0.2) is 22.8 Å². The van der Waals surface area contributed by atoms with Gasteiger partial charge in [0.25, 0.3) is 0 Å². The zero-order valence-corrected chi connectivity index (χ0v) is 12.5. The van der Waals surface area contributed by atoms with Crippen LogP contribution in [0.25, 0.3) is 0 Å². The van der Waals surface area contributed by atoms with Gasteiger partial charge in [0.1, 0.15) is 0 Å². The van der Waals surface area contributed by atoms with Crippen molar-refractivity contribution in [1.82, 2.24) is 10.3 Å². The Labute approximate surface area is 130 Å². The summed E-state index contributed by atoms with van der Waals surface area (Å²) in [4.78, 5) is 28.1. The van der Waals surface area contributed by atoms with Crippen molar-refractivity contribution in [3.05, 3.63) is 36.7 Å². The molecule has 0 aromatic carbocycles. The number of pyridine rings is 1. The molecule has 2 fully saturated rings. The fourth-order valence-electron chi connectivity index (χ4n) is 3.09. The lowest BCUT2D eigenvalue weighted by Gasteiger charge is -2.19. The molecule has 116 valence electrons. The molecule has 0 aliphatic heterocycles. The molecule has 1 aromatic rings. The van der Waals surface area contributed by atoms with E-state index in [1.807, 2.05) is 12.3 Å². The smallest absolute Gasteiger partial charge is 0.243 e. The van der Waals surface area contributed by atoms with Gasteiger partial charge < -0.3 is 10.6 Å². The van der Waals surface area contributed by atoms with Crippen LogP contribution in [0.5, 0.6) is 0 Å². The van der Waals surface area contributed by atoms with Gasteiger partial charge in [-0.25, -0.2) is 0 Å². The quantitative estimate of drug-likeness (QED) is 0.820. The van der Waals surface area contributed by atoms with Gasteiger partial charge in [0, 0.05) is 12.2 Å². The van der Waals surface area contributed by atoms with Crippen LogP contribution in [0, 0.1) is 5.92 Å². The van der Waals surface area contributed by atoms with Crippen molar-refractivity contribution in [3.8, 4) is 0 Å². The highest BCUT2D eigenvalue weighted by atomic mass is 16.2. The lowest BCUT2D eigenvalue weighted by Crippen LogP contribution is -2.41. The molecule has 0 unspecified atom stereocenters. The standard InChI is InChI=1S/C17H21N3O2/c1-2-16(21)20-15-5-3-4-14(15)17(22)19-13-8-12(9-18-10-13)11-6-7-11/h2,8-11,14-15H,1,3-7H2,(H,19,22)(H,20,21)/t14-,15+/m0/s1. The summed E-state index contributed by atoms with van der Waals surface area (Å²) in [5.74, 6) is 0.160. The van der Waals surface area contributed by atoms with E-state index in [4.69, 9.17) is 0 Å². The number of amides is 2. The maximum Gasteiger partial charge on any atom is 0.243 e. The first-order valence-corrected chi connectivity index (χ1v) is 7.86. The molecule has 2 atom stereocenters. The Morgan fingerprint density at radius 3 is 2.77 bits per heavy atom. The van der Waals surface area contributed by atoms with Gasteiger partial charge in [0.15, 0.2) is 0 Å². The molecule has 3 rings (SSSR count). The second-order valence-electron chi connectivity index (χ2n) is 6.13. The second-order valence-corrected chi connectivity index (χ2v) is 6.13. The highest BCUT2D eigenvalue weighted by Gasteiger charge is 2.34. The second kappa shape index (κ2) is 6.30. The van der Waals surface area contributed by atoms with Crippen LogP contribution in [-0.2, 0) is 9.59 Å². The molecule has 5 heteroatoms. The van der Waals surface area contributed by atoms with Crippen molar-refractivity contribution in [2.24, 2.45) is 5.92 Å². The van der Waals surface area contributed by atoms with E-state index in [2.05, 4.69) is 22.2 Å². The minimum Gasteiger partial charge on any atom is -0.349 e. The predicted molar refractivity (Wildman–Crippen MR) is 84.3 cm³/mol. The van der Waals surface area contributed by atoms with E-state index in [-0.39, 0.29) is 23.8 Å². The molecular formula is C17H21N3O2. The highest BCUT2D eigenvalue weighted by molar-refractivity contribution is 5.94. The van der Waals surface area contributed by atoms with E-state index in [9.17, 15) is 9.59 Å². The maximum atomic E-state index is 12.5. The van der Waals surface area contributed by atoms with E-state index < -0.39 is 0 Å². The third kappa shape index (κ3) is 3.35. The molecule has 22 heavy (non-hydrogen) atoms. The Bertz CT molecular complexity index is 595. The topological polar surface area (TPSA) is 71.1 Å². The molecule has 0 saturated heterocycles. The van der Waals surface area contributed by atoms with Crippen LogP contribution in [0.3, 0.4) is 0 Å². The van der Waals surface area contributed by atoms with Gasteiger partial charge in [-0.1, -0.05) is 13.0 Å². The highest BCUT2D eigenvalue weighted by Crippen LogP contribution is 2.40. The summed E-state index contributed by atoms with van der Waals surface area (Å²) in [6.07, 6.45) is 9.78. The number of aromatic nitrogens is 1. The molecule has 2 saturated carbocycles. The zero-order valence-electron chi connectivity index (χ0n) is 12.5. The van der Waals surface area contributed by atoms with Gasteiger partial charge in [-0.05, 0) is 49.3 Å². The number of anilines is 1. The third-order valence-corrected chi connectivity index (χ3v) is 4.44. The van der Waals surface area contributed by atoms with Crippen molar-refractivity contribution in [2.45, 2.75) is 44.1 Å². The van der Waals surface area contributed by atoms with E-state index in [1.54, 1.807) is 6.20 Å². The van der Waals surface area contributed by atoms with Crippen molar-refractivity contribution >= 4 is 17.5 Å². The maximum absolute atomic E-state index is 12.5. The van der Waals surface area contributed by atoms with Crippen molar-refractivity contribution in [3.63, 3.8) is 0 Å². The van der Waals surface area contributed by atoms with Crippen LogP contribution in [0.4, 0.5) is 5.69 Å². The van der Waals surface area contributed by atoms with Crippen molar-refractivity contribution < 1.29 is 9.59 Å². The van der Waals surface area contributed by atoms with Crippen molar-refractivity contribution in [2.75, 3.05) is 5.32 Å². The van der Waals surface area contributed by atoms with Gasteiger partial charge in [0.05, 0.1) is 17.8 Å². The first-order chi connectivity index (χ1) is 10.7. The van der Waals surface area contributed by atoms with Crippen LogP contribution in [0.15, 0.2) is 31.1 Å². The lowest BCUT2D eigenvalue weighted by atomic mass is 10.0. The Hall–Kier alpha value is -2.17. The number of nitrogens with zero attached hydrogens (tertiary/aromatic N) is 1. The molecule has 2 aliphatic rings. The molecule has 2 aliphatic carbocycles. The normalized spacial score (nSPS) is 23.8. The molecule has 2 amide bonds. The zero-order chi connectivity index (χ0) is 15.5. The summed E-state index contributed by atoms with van der Waals surface area (Å²) in [6.45, 7) is 3.45. The molecule has 0 spiro atoms. The molecule has 1 aromatic heterocycles. The predicted octanol–water partition coefficient (Wildman–Crippen LogP) is 2.37. The Morgan fingerprint density at radius 1 is 1.23 bits per heavy atom. The summed E-state index contributed by atoms with van der Waals surface area (Å²) in [5.41, 5.74) is 1.94. The Kier molecular flexibility index (Phi) is 4.22. The largest absolute Gasteiger partial charge is 0.349 e. The average Bonchev–Trinajstić information content (AvgIpc) is 3.27. The Morgan fingerprint density at radius 2 is 2.05 bits per heavy atom. The summed E-state index contributed by atoms with van der Waals surface area (Å²) in [5, 5.41) is 5.80. The van der Waals surface area contributed by atoms with E-state index in [0.29, 0.717) is 5.92 Å². The van der Waals surface area contributed by atoms with Crippen LogP contribution in [0.2, 0.25) is 0 Å². The molecule has 2 N–H and O–H groups in total. The fourth-order valence-corrected chi connectivity index (χ4v) is 3.09. The van der Waals surface area contributed by atoms with E-state index in [0.717, 1.165) is 24.9 Å². The van der Waals surface area contributed by atoms with Crippen LogP contribution >= 0.6 is 0 Å². The molecule has 1 heterocycles. The Balaban J connectivity index is 1.64. The number of rotatable bonds is 5. The van der Waals surface area contributed by atoms with E-state index >= 15 is 0 Å². The lowest BCUT2D eigenvalue weighted by molar-refractivity contribution is -0.121. The molecule has 0 radical (unpaired) electrons. The van der Waals surface area contributed by atoms with Crippen molar-refractivity contribution in [1.29, 1.82) is 0 Å². The first kappa shape index (κ1) is 14.8. The fraction of sp³-hybridized carbons (Fsp3) is 0.471. The van der Waals surface area contributed by atoms with Gasteiger partial charge >= 0.3 is 0 Å². The van der Waals surface area contributed by atoms with Gasteiger partial charge in [-0.2, -0.15) is 0 Å². The van der Waals surface area contributed by atoms with Gasteiger partial charge in [-0.3, -0.25) is 14.6 Å². The minimum atomic E-state index is -0.220. The number of nitrogens with one attached hydrogen (secondary N) is 2. The van der Waals surface area contributed by atoms with Crippen LogP contribution < -0.4 is 10.6 Å². The third-order valence-electron chi connectivity index (χ3n) is 4.44.